The van der Waals surface area contributed by atoms with Crippen molar-refractivity contribution in [3.8, 4) is 0 Å². The Hall–Kier alpha value is -0.650. The second-order valence-electron chi connectivity index (χ2n) is 6.12. The number of fused-ring (bicyclic) bond motifs is 1. The largest absolute Gasteiger partial charge is 0.350 e. The summed E-state index contributed by atoms with van der Waals surface area (Å²) in [5, 5.41) is 3.17. The number of rotatable bonds is 1. The van der Waals surface area contributed by atoms with E-state index in [2.05, 4.69) is 28.0 Å². The summed E-state index contributed by atoms with van der Waals surface area (Å²) in [6.07, 6.45) is 2.75. The van der Waals surface area contributed by atoms with Crippen LogP contribution in [0.15, 0.2) is 0 Å². The van der Waals surface area contributed by atoms with E-state index in [1.165, 1.54) is 0 Å². The summed E-state index contributed by atoms with van der Waals surface area (Å²) in [4.78, 5) is 14.4. The van der Waals surface area contributed by atoms with Gasteiger partial charge in [-0.1, -0.05) is 20.8 Å². The lowest BCUT2D eigenvalue weighted by Gasteiger charge is -2.38. The first-order chi connectivity index (χ1) is 7.89. The molecule has 2 saturated heterocycles. The van der Waals surface area contributed by atoms with Crippen LogP contribution in [0.2, 0.25) is 0 Å². The van der Waals surface area contributed by atoms with E-state index in [9.17, 15) is 4.79 Å². The van der Waals surface area contributed by atoms with Crippen molar-refractivity contribution < 1.29 is 4.79 Å². The first-order valence-electron chi connectivity index (χ1n) is 6.47. The molecule has 5 nitrogen and oxygen atoms in total. The second kappa shape index (κ2) is 4.55. The monoisotopic (exact) mass is 240 g/mol. The maximum atomic E-state index is 12.0. The number of carbonyl (C=O) groups is 1. The molecule has 3 unspecified atom stereocenters. The third-order valence-corrected chi connectivity index (χ3v) is 3.61. The van der Waals surface area contributed by atoms with Gasteiger partial charge in [0.1, 0.15) is 0 Å². The molecule has 0 radical (unpaired) electrons. The van der Waals surface area contributed by atoms with Crippen molar-refractivity contribution in [3.63, 3.8) is 0 Å². The lowest BCUT2D eigenvalue weighted by molar-refractivity contribution is -0.130. The van der Waals surface area contributed by atoms with Crippen LogP contribution in [0.3, 0.4) is 0 Å². The molecule has 0 saturated carbocycles. The maximum absolute atomic E-state index is 12.0. The normalized spacial score (nSPS) is 34.5. The molecule has 0 aromatic carbocycles. The molecule has 3 N–H and O–H groups in total. The van der Waals surface area contributed by atoms with Gasteiger partial charge in [0, 0.05) is 12.0 Å². The SMILES string of the molecule is CC1NNC2C(NC(=O)C(C)(C)C)CCCN12. The highest BCUT2D eigenvalue weighted by Gasteiger charge is 2.39. The average molecular weight is 240 g/mol. The second-order valence-corrected chi connectivity index (χ2v) is 6.12. The van der Waals surface area contributed by atoms with Gasteiger partial charge in [-0.3, -0.25) is 9.69 Å². The Balaban J connectivity index is 1.99. The van der Waals surface area contributed by atoms with Crippen molar-refractivity contribution in [1.29, 1.82) is 0 Å². The molecule has 0 aliphatic carbocycles. The minimum atomic E-state index is -0.320. The summed E-state index contributed by atoms with van der Waals surface area (Å²) >= 11 is 0. The van der Waals surface area contributed by atoms with Gasteiger partial charge < -0.3 is 5.32 Å². The zero-order chi connectivity index (χ0) is 12.6. The smallest absolute Gasteiger partial charge is 0.225 e. The molecule has 98 valence electrons. The van der Waals surface area contributed by atoms with Crippen LogP contribution in [0.5, 0.6) is 0 Å². The third-order valence-electron chi connectivity index (χ3n) is 3.61. The highest BCUT2D eigenvalue weighted by molar-refractivity contribution is 5.81. The number of piperidine rings is 1. The lowest BCUT2D eigenvalue weighted by Crippen LogP contribution is -2.58. The quantitative estimate of drug-likeness (QED) is 0.621. The average Bonchev–Trinajstić information content (AvgIpc) is 2.60. The van der Waals surface area contributed by atoms with Crippen molar-refractivity contribution in [1.82, 2.24) is 21.1 Å². The molecular formula is C12H24N4O. The molecule has 0 bridgehead atoms. The molecule has 5 heteroatoms. The van der Waals surface area contributed by atoms with E-state index in [0.717, 1.165) is 19.4 Å². The van der Waals surface area contributed by atoms with Crippen LogP contribution in [-0.4, -0.2) is 35.7 Å². The van der Waals surface area contributed by atoms with E-state index >= 15 is 0 Å². The van der Waals surface area contributed by atoms with Gasteiger partial charge in [0.25, 0.3) is 0 Å². The number of hydrogen-bond donors (Lipinski definition) is 3. The van der Waals surface area contributed by atoms with Crippen LogP contribution in [-0.2, 0) is 4.79 Å². The van der Waals surface area contributed by atoms with Gasteiger partial charge in [0.15, 0.2) is 0 Å². The fourth-order valence-corrected chi connectivity index (χ4v) is 2.46. The summed E-state index contributed by atoms with van der Waals surface area (Å²) in [6, 6.07) is 0.202. The standard InChI is InChI=1S/C12H24N4O/c1-8-14-15-10-9(6-5-7-16(8)10)13-11(17)12(2,3)4/h8-10,14-15H,5-7H2,1-4H3,(H,13,17). The summed E-state index contributed by atoms with van der Waals surface area (Å²) in [7, 11) is 0. The fraction of sp³-hybridized carbons (Fsp3) is 0.917. The van der Waals surface area contributed by atoms with E-state index in [-0.39, 0.29) is 23.5 Å². The Bertz CT molecular complexity index is 299. The van der Waals surface area contributed by atoms with E-state index < -0.39 is 0 Å². The molecule has 3 atom stereocenters. The number of carbonyl (C=O) groups excluding carboxylic acids is 1. The van der Waals surface area contributed by atoms with Gasteiger partial charge in [-0.2, -0.15) is 0 Å². The summed E-state index contributed by atoms with van der Waals surface area (Å²) in [5.41, 5.74) is 6.18. The number of amides is 1. The zero-order valence-electron chi connectivity index (χ0n) is 11.2. The van der Waals surface area contributed by atoms with Crippen LogP contribution in [0.4, 0.5) is 0 Å². The Morgan fingerprint density at radius 2 is 2.06 bits per heavy atom. The molecule has 2 rings (SSSR count). The predicted molar refractivity (Wildman–Crippen MR) is 66.8 cm³/mol. The fourth-order valence-electron chi connectivity index (χ4n) is 2.46. The summed E-state index contributed by atoms with van der Waals surface area (Å²) in [6.45, 7) is 9.08. The first kappa shape index (κ1) is 12.8. The maximum Gasteiger partial charge on any atom is 0.225 e. The molecular weight excluding hydrogens is 216 g/mol. The predicted octanol–water partition coefficient (Wildman–Crippen LogP) is 0.393. The minimum Gasteiger partial charge on any atom is -0.350 e. The van der Waals surface area contributed by atoms with Crippen LogP contribution < -0.4 is 16.2 Å². The Labute approximate surface area is 103 Å². The molecule has 1 amide bonds. The molecule has 0 aromatic rings. The van der Waals surface area contributed by atoms with Gasteiger partial charge in [0.05, 0.1) is 18.4 Å². The number of nitrogens with one attached hydrogen (secondary N) is 3. The number of hydrogen-bond acceptors (Lipinski definition) is 4. The number of nitrogens with zero attached hydrogens (tertiary/aromatic N) is 1. The van der Waals surface area contributed by atoms with Crippen molar-refractivity contribution >= 4 is 5.91 Å². The topological polar surface area (TPSA) is 56.4 Å². The van der Waals surface area contributed by atoms with E-state index in [0.29, 0.717) is 6.17 Å². The van der Waals surface area contributed by atoms with Crippen molar-refractivity contribution in [3.05, 3.63) is 0 Å². The Kier molecular flexibility index (Phi) is 3.43. The van der Waals surface area contributed by atoms with E-state index in [1.807, 2.05) is 20.8 Å². The highest BCUT2D eigenvalue weighted by atomic mass is 16.2. The number of hydrazine groups is 1. The van der Waals surface area contributed by atoms with Gasteiger partial charge >= 0.3 is 0 Å². The molecule has 0 spiro atoms. The van der Waals surface area contributed by atoms with Crippen LogP contribution in [0.1, 0.15) is 40.5 Å². The van der Waals surface area contributed by atoms with Crippen LogP contribution >= 0.6 is 0 Å². The molecule has 2 fully saturated rings. The molecule has 0 aromatic heterocycles. The summed E-state index contributed by atoms with van der Waals surface area (Å²) < 4.78 is 0. The molecule has 2 aliphatic heterocycles. The minimum absolute atomic E-state index is 0.130. The highest BCUT2D eigenvalue weighted by Crippen LogP contribution is 2.22. The zero-order valence-corrected chi connectivity index (χ0v) is 11.2. The lowest BCUT2D eigenvalue weighted by atomic mass is 9.93. The van der Waals surface area contributed by atoms with Gasteiger partial charge in [-0.05, 0) is 19.8 Å². The molecule has 17 heavy (non-hydrogen) atoms. The van der Waals surface area contributed by atoms with E-state index in [4.69, 9.17) is 0 Å². The van der Waals surface area contributed by atoms with Gasteiger partial charge in [-0.15, -0.1) is 0 Å². The Morgan fingerprint density at radius 1 is 1.35 bits per heavy atom. The first-order valence-corrected chi connectivity index (χ1v) is 6.47. The molecule has 2 heterocycles. The van der Waals surface area contributed by atoms with Crippen molar-refractivity contribution in [2.45, 2.75) is 58.9 Å². The van der Waals surface area contributed by atoms with Gasteiger partial charge in [-0.25, -0.2) is 10.9 Å². The Morgan fingerprint density at radius 3 is 2.71 bits per heavy atom. The molecule has 2 aliphatic rings. The van der Waals surface area contributed by atoms with Crippen LogP contribution in [0.25, 0.3) is 0 Å². The van der Waals surface area contributed by atoms with Crippen molar-refractivity contribution in [2.24, 2.45) is 5.41 Å². The van der Waals surface area contributed by atoms with Crippen molar-refractivity contribution in [2.75, 3.05) is 6.54 Å². The van der Waals surface area contributed by atoms with Crippen LogP contribution in [0, 0.1) is 5.41 Å². The van der Waals surface area contributed by atoms with E-state index in [1.54, 1.807) is 0 Å². The third kappa shape index (κ3) is 2.61. The summed E-state index contributed by atoms with van der Waals surface area (Å²) in [5.74, 6) is 0.130. The van der Waals surface area contributed by atoms with Gasteiger partial charge in [0.2, 0.25) is 5.91 Å².